The van der Waals surface area contributed by atoms with Crippen LogP contribution in [0.3, 0.4) is 0 Å². The third kappa shape index (κ3) is 3.05. The number of aryl methyl sites for hydroxylation is 1. The van der Waals surface area contributed by atoms with Crippen LogP contribution in [0.2, 0.25) is 0 Å². The number of likely N-dealkylation sites (tertiary alicyclic amines) is 1. The van der Waals surface area contributed by atoms with E-state index in [0.29, 0.717) is 5.56 Å². The second-order valence-electron chi connectivity index (χ2n) is 6.43. The molecule has 7 nitrogen and oxygen atoms in total. The van der Waals surface area contributed by atoms with E-state index in [-0.39, 0.29) is 11.9 Å². The van der Waals surface area contributed by atoms with Crippen molar-refractivity contribution in [3.63, 3.8) is 0 Å². The summed E-state index contributed by atoms with van der Waals surface area (Å²) >= 11 is 0. The Balaban J connectivity index is 1.57. The SMILES string of the molecule is Cc1cnn(C[C@H]2CCCN2C(=O)c2cn[nH]c2-c2ccncc2)c1. The average molecular weight is 336 g/mol. The lowest BCUT2D eigenvalue weighted by atomic mass is 10.1. The molecule has 0 bridgehead atoms. The van der Waals surface area contributed by atoms with E-state index in [2.05, 4.69) is 20.3 Å². The number of nitrogens with zero attached hydrogens (tertiary/aromatic N) is 5. The van der Waals surface area contributed by atoms with Crippen LogP contribution in [0, 0.1) is 6.92 Å². The highest BCUT2D eigenvalue weighted by molar-refractivity contribution is 6.00. The van der Waals surface area contributed by atoms with Crippen LogP contribution in [0.4, 0.5) is 0 Å². The maximum absolute atomic E-state index is 13.1. The van der Waals surface area contributed by atoms with Crippen LogP contribution in [0.15, 0.2) is 43.1 Å². The summed E-state index contributed by atoms with van der Waals surface area (Å²) in [6, 6.07) is 3.91. The fraction of sp³-hybridized carbons (Fsp3) is 0.333. The molecule has 0 saturated carbocycles. The van der Waals surface area contributed by atoms with Gasteiger partial charge in [0.25, 0.3) is 5.91 Å². The smallest absolute Gasteiger partial charge is 0.258 e. The molecule has 1 atom stereocenters. The van der Waals surface area contributed by atoms with Gasteiger partial charge in [-0.2, -0.15) is 10.2 Å². The van der Waals surface area contributed by atoms with Gasteiger partial charge in [0.15, 0.2) is 0 Å². The maximum atomic E-state index is 13.1. The van der Waals surface area contributed by atoms with E-state index in [1.165, 1.54) is 0 Å². The van der Waals surface area contributed by atoms with Crippen molar-refractivity contribution in [2.45, 2.75) is 32.4 Å². The Morgan fingerprint density at radius 2 is 2.16 bits per heavy atom. The summed E-state index contributed by atoms with van der Waals surface area (Å²) < 4.78 is 1.92. The van der Waals surface area contributed by atoms with Gasteiger partial charge in [-0.1, -0.05) is 0 Å². The number of hydrogen-bond acceptors (Lipinski definition) is 4. The van der Waals surface area contributed by atoms with Gasteiger partial charge in [-0.05, 0) is 37.5 Å². The van der Waals surface area contributed by atoms with E-state index >= 15 is 0 Å². The van der Waals surface area contributed by atoms with E-state index in [0.717, 1.165) is 42.8 Å². The molecule has 1 aliphatic heterocycles. The van der Waals surface area contributed by atoms with Gasteiger partial charge in [-0.25, -0.2) is 0 Å². The zero-order valence-electron chi connectivity index (χ0n) is 14.1. The van der Waals surface area contributed by atoms with Crippen molar-refractivity contribution in [2.75, 3.05) is 6.54 Å². The average Bonchev–Trinajstić information content (AvgIpc) is 3.36. The molecule has 0 unspecified atom stereocenters. The predicted molar refractivity (Wildman–Crippen MR) is 92.8 cm³/mol. The first-order chi connectivity index (χ1) is 12.2. The summed E-state index contributed by atoms with van der Waals surface area (Å²) in [5, 5.41) is 11.4. The van der Waals surface area contributed by atoms with Crippen molar-refractivity contribution >= 4 is 5.91 Å². The second-order valence-corrected chi connectivity index (χ2v) is 6.43. The maximum Gasteiger partial charge on any atom is 0.258 e. The predicted octanol–water partition coefficient (Wildman–Crippen LogP) is 2.28. The molecule has 1 N–H and O–H groups in total. The van der Waals surface area contributed by atoms with Gasteiger partial charge in [-0.15, -0.1) is 0 Å². The van der Waals surface area contributed by atoms with Crippen molar-refractivity contribution in [1.82, 2.24) is 29.9 Å². The number of carbonyl (C=O) groups is 1. The van der Waals surface area contributed by atoms with Crippen molar-refractivity contribution in [2.24, 2.45) is 0 Å². The second kappa shape index (κ2) is 6.51. The zero-order chi connectivity index (χ0) is 17.2. The molecule has 7 heteroatoms. The molecule has 25 heavy (non-hydrogen) atoms. The Bertz CT molecular complexity index is 869. The monoisotopic (exact) mass is 336 g/mol. The lowest BCUT2D eigenvalue weighted by Crippen LogP contribution is -2.38. The summed E-state index contributed by atoms with van der Waals surface area (Å²) in [7, 11) is 0. The molecule has 0 spiro atoms. The normalized spacial score (nSPS) is 17.2. The number of nitrogens with one attached hydrogen (secondary N) is 1. The van der Waals surface area contributed by atoms with Crippen molar-refractivity contribution in [3.05, 3.63) is 54.2 Å². The number of carbonyl (C=O) groups excluding carboxylic acids is 1. The quantitative estimate of drug-likeness (QED) is 0.793. The Kier molecular flexibility index (Phi) is 4.05. The standard InChI is InChI=1S/C18H20N6O/c1-13-9-21-23(11-13)12-15-3-2-8-24(15)18(25)16-10-20-22-17(16)14-4-6-19-7-5-14/h4-7,9-11,15H,2-3,8,12H2,1H3,(H,20,22)/t15-/m1/s1. The van der Waals surface area contributed by atoms with Gasteiger partial charge in [-0.3, -0.25) is 19.6 Å². The van der Waals surface area contributed by atoms with Gasteiger partial charge < -0.3 is 4.90 Å². The molecule has 4 rings (SSSR count). The van der Waals surface area contributed by atoms with Crippen LogP contribution in [0.1, 0.15) is 28.8 Å². The summed E-state index contributed by atoms with van der Waals surface area (Å²) in [4.78, 5) is 19.1. The van der Waals surface area contributed by atoms with E-state index in [1.807, 2.05) is 41.0 Å². The summed E-state index contributed by atoms with van der Waals surface area (Å²) in [6.45, 7) is 3.51. The Morgan fingerprint density at radius 3 is 2.92 bits per heavy atom. The molecule has 3 aromatic heterocycles. The molecule has 1 saturated heterocycles. The Labute approximate surface area is 145 Å². The topological polar surface area (TPSA) is 79.7 Å². The van der Waals surface area contributed by atoms with E-state index < -0.39 is 0 Å². The fourth-order valence-electron chi connectivity index (χ4n) is 3.42. The lowest BCUT2D eigenvalue weighted by Gasteiger charge is -2.24. The van der Waals surface area contributed by atoms with Crippen LogP contribution in [-0.2, 0) is 6.54 Å². The molecular weight excluding hydrogens is 316 g/mol. The van der Waals surface area contributed by atoms with Crippen LogP contribution in [-0.4, -0.2) is 48.4 Å². The number of aromatic amines is 1. The molecule has 1 amide bonds. The molecule has 0 aromatic carbocycles. The number of amides is 1. The summed E-state index contributed by atoms with van der Waals surface area (Å²) in [5.41, 5.74) is 3.39. The summed E-state index contributed by atoms with van der Waals surface area (Å²) in [5.74, 6) is 0.0203. The number of hydrogen-bond donors (Lipinski definition) is 1. The molecule has 3 aromatic rings. The van der Waals surface area contributed by atoms with Crippen LogP contribution in [0.25, 0.3) is 11.3 Å². The van der Waals surface area contributed by atoms with Crippen LogP contribution in [0.5, 0.6) is 0 Å². The first kappa shape index (κ1) is 15.6. The van der Waals surface area contributed by atoms with Crippen molar-refractivity contribution < 1.29 is 4.79 Å². The molecule has 4 heterocycles. The number of H-pyrrole nitrogens is 1. The number of pyridine rings is 1. The largest absolute Gasteiger partial charge is 0.334 e. The Morgan fingerprint density at radius 1 is 1.32 bits per heavy atom. The molecule has 0 aliphatic carbocycles. The Hall–Kier alpha value is -2.96. The highest BCUT2D eigenvalue weighted by Gasteiger charge is 2.31. The number of aromatic nitrogens is 5. The zero-order valence-corrected chi connectivity index (χ0v) is 14.1. The third-order valence-electron chi connectivity index (χ3n) is 4.64. The minimum Gasteiger partial charge on any atom is -0.334 e. The third-order valence-corrected chi connectivity index (χ3v) is 4.64. The van der Waals surface area contributed by atoms with Crippen LogP contribution >= 0.6 is 0 Å². The molecular formula is C18H20N6O. The van der Waals surface area contributed by atoms with Crippen LogP contribution < -0.4 is 0 Å². The fourth-order valence-corrected chi connectivity index (χ4v) is 3.42. The van der Waals surface area contributed by atoms with Gasteiger partial charge >= 0.3 is 0 Å². The first-order valence-electron chi connectivity index (χ1n) is 8.46. The molecule has 0 radical (unpaired) electrons. The first-order valence-corrected chi connectivity index (χ1v) is 8.46. The van der Waals surface area contributed by atoms with E-state index in [9.17, 15) is 4.79 Å². The van der Waals surface area contributed by atoms with Crippen molar-refractivity contribution in [3.8, 4) is 11.3 Å². The van der Waals surface area contributed by atoms with Gasteiger partial charge in [0.1, 0.15) is 0 Å². The minimum atomic E-state index is 0.0203. The van der Waals surface area contributed by atoms with Gasteiger partial charge in [0.05, 0.1) is 36.2 Å². The molecule has 128 valence electrons. The lowest BCUT2D eigenvalue weighted by molar-refractivity contribution is 0.0722. The summed E-state index contributed by atoms with van der Waals surface area (Å²) in [6.07, 6.45) is 10.9. The van der Waals surface area contributed by atoms with Crippen molar-refractivity contribution in [1.29, 1.82) is 0 Å². The highest BCUT2D eigenvalue weighted by Crippen LogP contribution is 2.26. The van der Waals surface area contributed by atoms with E-state index in [4.69, 9.17) is 0 Å². The number of rotatable bonds is 4. The minimum absolute atomic E-state index is 0.0203. The highest BCUT2D eigenvalue weighted by atomic mass is 16.2. The molecule has 1 fully saturated rings. The van der Waals surface area contributed by atoms with Gasteiger partial charge in [0, 0.05) is 30.7 Å². The van der Waals surface area contributed by atoms with E-state index in [1.54, 1.807) is 18.6 Å². The molecule has 1 aliphatic rings. The van der Waals surface area contributed by atoms with Gasteiger partial charge in [0.2, 0.25) is 0 Å².